The van der Waals surface area contributed by atoms with Crippen molar-refractivity contribution >= 4 is 11.6 Å². The van der Waals surface area contributed by atoms with Gasteiger partial charge in [-0.15, -0.1) is 0 Å². The highest BCUT2D eigenvalue weighted by Crippen LogP contribution is 2.46. The Balaban J connectivity index is 1.73. The van der Waals surface area contributed by atoms with Gasteiger partial charge in [-0.1, -0.05) is 0 Å². The first-order valence-corrected chi connectivity index (χ1v) is 6.77. The monoisotopic (exact) mass is 255 g/mol. The summed E-state index contributed by atoms with van der Waals surface area (Å²) >= 11 is 0. The fourth-order valence-electron chi connectivity index (χ4n) is 2.34. The highest BCUT2D eigenvalue weighted by Gasteiger charge is 2.41. The SMILES string of the molecule is N#CNC(=NC(C1CC1)C1CC1)Nc1ccncc1. The van der Waals surface area contributed by atoms with Crippen LogP contribution in [-0.2, 0) is 0 Å². The van der Waals surface area contributed by atoms with Crippen LogP contribution >= 0.6 is 0 Å². The van der Waals surface area contributed by atoms with Gasteiger partial charge in [0.05, 0.1) is 6.04 Å². The second-order valence-electron chi connectivity index (χ2n) is 5.24. The molecule has 2 aliphatic rings. The molecule has 3 rings (SSSR count). The van der Waals surface area contributed by atoms with E-state index >= 15 is 0 Å². The largest absolute Gasteiger partial charge is 0.325 e. The first kappa shape index (κ1) is 12.0. The van der Waals surface area contributed by atoms with Crippen molar-refractivity contribution < 1.29 is 0 Å². The third-order valence-electron chi connectivity index (χ3n) is 3.61. The van der Waals surface area contributed by atoms with Crippen LogP contribution in [0.2, 0.25) is 0 Å². The number of hydrogen-bond acceptors (Lipinski definition) is 3. The summed E-state index contributed by atoms with van der Waals surface area (Å²) < 4.78 is 0. The smallest absolute Gasteiger partial charge is 0.209 e. The first-order chi connectivity index (χ1) is 9.36. The number of aromatic nitrogens is 1. The average molecular weight is 255 g/mol. The number of pyridine rings is 1. The summed E-state index contributed by atoms with van der Waals surface area (Å²) in [7, 11) is 0. The predicted molar refractivity (Wildman–Crippen MR) is 73.3 cm³/mol. The number of nitrogens with one attached hydrogen (secondary N) is 2. The highest BCUT2D eigenvalue weighted by atomic mass is 15.2. The van der Waals surface area contributed by atoms with E-state index in [1.807, 2.05) is 18.3 Å². The molecular formula is C14H17N5. The van der Waals surface area contributed by atoms with Crippen molar-refractivity contribution in [2.24, 2.45) is 16.8 Å². The molecule has 98 valence electrons. The highest BCUT2D eigenvalue weighted by molar-refractivity contribution is 5.94. The molecule has 2 aliphatic carbocycles. The van der Waals surface area contributed by atoms with Crippen molar-refractivity contribution in [1.82, 2.24) is 10.3 Å². The van der Waals surface area contributed by atoms with E-state index in [0.29, 0.717) is 12.0 Å². The summed E-state index contributed by atoms with van der Waals surface area (Å²) in [6.07, 6.45) is 10.5. The zero-order chi connectivity index (χ0) is 13.1. The van der Waals surface area contributed by atoms with Crippen molar-refractivity contribution in [2.75, 3.05) is 5.32 Å². The van der Waals surface area contributed by atoms with Crippen LogP contribution in [0.5, 0.6) is 0 Å². The van der Waals surface area contributed by atoms with Crippen LogP contribution in [0.15, 0.2) is 29.5 Å². The van der Waals surface area contributed by atoms with E-state index in [9.17, 15) is 0 Å². The Morgan fingerprint density at radius 2 is 1.89 bits per heavy atom. The van der Waals surface area contributed by atoms with Gasteiger partial charge in [-0.2, -0.15) is 5.26 Å². The molecule has 1 aromatic heterocycles. The van der Waals surface area contributed by atoms with Crippen LogP contribution in [-0.4, -0.2) is 17.0 Å². The maximum absolute atomic E-state index is 8.84. The topological polar surface area (TPSA) is 73.1 Å². The number of aliphatic imine (C=N–C) groups is 1. The van der Waals surface area contributed by atoms with Gasteiger partial charge in [0.2, 0.25) is 5.96 Å². The maximum Gasteiger partial charge on any atom is 0.209 e. The molecule has 0 spiro atoms. The fraction of sp³-hybridized carbons (Fsp3) is 0.500. The molecule has 5 heteroatoms. The molecule has 0 aromatic carbocycles. The number of nitriles is 1. The number of nitrogens with zero attached hydrogens (tertiary/aromatic N) is 3. The van der Waals surface area contributed by atoms with Crippen LogP contribution in [0.25, 0.3) is 0 Å². The average Bonchev–Trinajstić information content (AvgIpc) is 3.30. The molecule has 0 unspecified atom stereocenters. The second-order valence-corrected chi connectivity index (χ2v) is 5.24. The molecule has 1 heterocycles. The Labute approximate surface area is 112 Å². The lowest BCUT2D eigenvalue weighted by molar-refractivity contribution is 0.532. The Bertz CT molecular complexity index is 484. The molecule has 0 aliphatic heterocycles. The minimum absolute atomic E-state index is 0.380. The molecule has 2 saturated carbocycles. The Morgan fingerprint density at radius 3 is 2.42 bits per heavy atom. The molecular weight excluding hydrogens is 238 g/mol. The summed E-state index contributed by atoms with van der Waals surface area (Å²) in [6.45, 7) is 0. The minimum Gasteiger partial charge on any atom is -0.325 e. The number of rotatable bonds is 4. The Morgan fingerprint density at radius 1 is 1.26 bits per heavy atom. The number of hydrogen-bond donors (Lipinski definition) is 2. The van der Waals surface area contributed by atoms with Crippen LogP contribution in [0.1, 0.15) is 25.7 Å². The summed E-state index contributed by atoms with van der Waals surface area (Å²) in [4.78, 5) is 8.71. The first-order valence-electron chi connectivity index (χ1n) is 6.77. The van der Waals surface area contributed by atoms with Crippen LogP contribution in [0.4, 0.5) is 5.69 Å². The maximum atomic E-state index is 8.84. The standard InChI is InChI=1S/C14H17N5/c15-9-17-14(18-12-5-7-16-8-6-12)19-13(10-1-2-10)11-3-4-11/h5-8,10-11,13H,1-4H2,(H2,16,17,18,19). The predicted octanol–water partition coefficient (Wildman–Crippen LogP) is 2.11. The molecule has 5 nitrogen and oxygen atoms in total. The summed E-state index contributed by atoms with van der Waals surface area (Å²) in [6, 6.07) is 4.10. The molecule has 0 bridgehead atoms. The molecule has 0 radical (unpaired) electrons. The minimum atomic E-state index is 0.380. The second kappa shape index (κ2) is 5.27. The van der Waals surface area contributed by atoms with E-state index in [-0.39, 0.29) is 0 Å². The third kappa shape index (κ3) is 3.22. The van der Waals surface area contributed by atoms with Crippen molar-refractivity contribution in [3.63, 3.8) is 0 Å². The van der Waals surface area contributed by atoms with Crippen molar-refractivity contribution in [3.8, 4) is 6.19 Å². The summed E-state index contributed by atoms with van der Waals surface area (Å²) in [5, 5.41) is 14.6. The Kier molecular flexibility index (Phi) is 3.32. The Hall–Kier alpha value is -2.09. The lowest BCUT2D eigenvalue weighted by Crippen LogP contribution is -2.29. The molecule has 2 N–H and O–H groups in total. The van der Waals surface area contributed by atoms with E-state index in [4.69, 9.17) is 10.3 Å². The van der Waals surface area contributed by atoms with E-state index in [1.54, 1.807) is 12.4 Å². The molecule has 0 amide bonds. The van der Waals surface area contributed by atoms with E-state index in [1.165, 1.54) is 25.7 Å². The lowest BCUT2D eigenvalue weighted by Gasteiger charge is -2.14. The molecule has 0 atom stereocenters. The van der Waals surface area contributed by atoms with Gasteiger partial charge in [0, 0.05) is 18.1 Å². The van der Waals surface area contributed by atoms with Gasteiger partial charge >= 0.3 is 0 Å². The van der Waals surface area contributed by atoms with Gasteiger partial charge < -0.3 is 5.32 Å². The molecule has 19 heavy (non-hydrogen) atoms. The quantitative estimate of drug-likeness (QED) is 0.374. The molecule has 1 aromatic rings. The van der Waals surface area contributed by atoms with Crippen molar-refractivity contribution in [3.05, 3.63) is 24.5 Å². The van der Waals surface area contributed by atoms with Crippen molar-refractivity contribution in [2.45, 2.75) is 31.7 Å². The summed E-state index contributed by atoms with van der Waals surface area (Å²) in [5.74, 6) is 2.00. The van der Waals surface area contributed by atoms with Crippen LogP contribution in [0, 0.1) is 23.3 Å². The molecule has 0 saturated heterocycles. The fourth-order valence-corrected chi connectivity index (χ4v) is 2.34. The van der Waals surface area contributed by atoms with Gasteiger partial charge in [0.25, 0.3) is 0 Å². The van der Waals surface area contributed by atoms with Gasteiger partial charge in [-0.3, -0.25) is 10.3 Å². The normalized spacial score (nSPS) is 19.1. The van der Waals surface area contributed by atoms with Gasteiger partial charge in [0.15, 0.2) is 6.19 Å². The summed E-state index contributed by atoms with van der Waals surface area (Å²) in [5.41, 5.74) is 0.891. The van der Waals surface area contributed by atoms with E-state index in [0.717, 1.165) is 17.5 Å². The molecule has 2 fully saturated rings. The lowest BCUT2D eigenvalue weighted by atomic mass is 10.1. The van der Waals surface area contributed by atoms with Gasteiger partial charge in [-0.25, -0.2) is 4.99 Å². The van der Waals surface area contributed by atoms with Crippen LogP contribution < -0.4 is 10.6 Å². The third-order valence-corrected chi connectivity index (χ3v) is 3.61. The number of anilines is 1. The zero-order valence-electron chi connectivity index (χ0n) is 10.7. The van der Waals surface area contributed by atoms with Gasteiger partial charge in [0.1, 0.15) is 0 Å². The number of guanidine groups is 1. The van der Waals surface area contributed by atoms with E-state index < -0.39 is 0 Å². The van der Waals surface area contributed by atoms with Gasteiger partial charge in [-0.05, 0) is 49.7 Å². The van der Waals surface area contributed by atoms with E-state index in [2.05, 4.69) is 15.6 Å². The van der Waals surface area contributed by atoms with Crippen LogP contribution in [0.3, 0.4) is 0 Å². The van der Waals surface area contributed by atoms with Crippen molar-refractivity contribution in [1.29, 1.82) is 5.26 Å². The zero-order valence-corrected chi connectivity index (χ0v) is 10.7.